The topological polar surface area (TPSA) is 66.7 Å². The van der Waals surface area contributed by atoms with Crippen LogP contribution in [0.3, 0.4) is 0 Å². The van der Waals surface area contributed by atoms with Crippen molar-refractivity contribution in [2.45, 2.75) is 39.0 Å². The van der Waals surface area contributed by atoms with Crippen LogP contribution < -0.4 is 0 Å². The van der Waals surface area contributed by atoms with Crippen molar-refractivity contribution in [2.24, 2.45) is 11.1 Å². The molecule has 4 nitrogen and oxygen atoms in total. The predicted molar refractivity (Wildman–Crippen MR) is 51.5 cm³/mol. The fraction of sp³-hybridized carbons (Fsp3) is 0.700. The summed E-state index contributed by atoms with van der Waals surface area (Å²) in [4.78, 5) is 22.3. The zero-order chi connectivity index (χ0) is 10.6. The third kappa shape index (κ3) is 2.65. The van der Waals surface area contributed by atoms with Crippen molar-refractivity contribution in [2.75, 3.05) is 0 Å². The predicted octanol–water partition coefficient (Wildman–Crippen LogP) is 1.55. The number of nitrogens with zero attached hydrogens (tertiary/aromatic N) is 1. The molecule has 78 valence electrons. The number of carbonyl (C=O) groups is 2. The van der Waals surface area contributed by atoms with E-state index in [4.69, 9.17) is 5.21 Å². The van der Waals surface area contributed by atoms with Crippen LogP contribution in [0.2, 0.25) is 0 Å². The second kappa shape index (κ2) is 4.88. The van der Waals surface area contributed by atoms with Crippen molar-refractivity contribution < 1.29 is 14.8 Å². The Kier molecular flexibility index (Phi) is 3.80. The summed E-state index contributed by atoms with van der Waals surface area (Å²) >= 11 is 0. The van der Waals surface area contributed by atoms with Gasteiger partial charge in [-0.1, -0.05) is 11.6 Å². The Morgan fingerprint density at radius 2 is 2.21 bits per heavy atom. The monoisotopic (exact) mass is 197 g/mol. The first-order valence-electron chi connectivity index (χ1n) is 4.88. The van der Waals surface area contributed by atoms with Crippen LogP contribution in [-0.2, 0) is 9.59 Å². The van der Waals surface area contributed by atoms with Gasteiger partial charge in [0.25, 0.3) is 0 Å². The molecule has 0 aromatic heterocycles. The molecule has 1 aliphatic carbocycles. The lowest BCUT2D eigenvalue weighted by Gasteiger charge is -2.21. The van der Waals surface area contributed by atoms with Crippen LogP contribution in [0.25, 0.3) is 0 Å². The van der Waals surface area contributed by atoms with Gasteiger partial charge in [0, 0.05) is 0 Å². The van der Waals surface area contributed by atoms with Gasteiger partial charge in [-0.2, -0.15) is 0 Å². The molecule has 0 saturated heterocycles. The third-order valence-electron chi connectivity index (χ3n) is 2.52. The Morgan fingerprint density at radius 3 is 2.79 bits per heavy atom. The molecule has 1 rings (SSSR count). The minimum atomic E-state index is -0.322. The van der Waals surface area contributed by atoms with Gasteiger partial charge in [0.15, 0.2) is 0 Å². The molecule has 4 heteroatoms. The quantitative estimate of drug-likeness (QED) is 0.424. The molecule has 0 bridgehead atoms. The van der Waals surface area contributed by atoms with E-state index in [9.17, 15) is 9.59 Å². The SMILES string of the molecule is CC(=O)CC(=O)C1CCCC/C1=N\O. The van der Waals surface area contributed by atoms with E-state index in [1.165, 1.54) is 6.92 Å². The largest absolute Gasteiger partial charge is 0.411 e. The van der Waals surface area contributed by atoms with Gasteiger partial charge in [0.1, 0.15) is 11.6 Å². The van der Waals surface area contributed by atoms with Gasteiger partial charge in [-0.25, -0.2) is 0 Å². The first-order chi connectivity index (χ1) is 6.65. The van der Waals surface area contributed by atoms with Crippen molar-refractivity contribution >= 4 is 17.3 Å². The molecule has 0 heterocycles. The first kappa shape index (κ1) is 10.9. The van der Waals surface area contributed by atoms with Crippen LogP contribution in [0.15, 0.2) is 5.16 Å². The highest BCUT2D eigenvalue weighted by Gasteiger charge is 2.27. The number of carbonyl (C=O) groups excluding carboxylic acids is 2. The molecule has 1 saturated carbocycles. The van der Waals surface area contributed by atoms with Crippen LogP contribution in [0.1, 0.15) is 39.0 Å². The summed E-state index contributed by atoms with van der Waals surface area (Å²) in [5, 5.41) is 11.8. The maximum atomic E-state index is 11.6. The molecule has 0 aromatic rings. The summed E-state index contributed by atoms with van der Waals surface area (Å²) in [5.41, 5.74) is 0.544. The maximum absolute atomic E-state index is 11.6. The van der Waals surface area contributed by atoms with Crippen molar-refractivity contribution in [1.29, 1.82) is 0 Å². The maximum Gasteiger partial charge on any atom is 0.149 e. The number of ketones is 2. The highest BCUT2D eigenvalue weighted by Crippen LogP contribution is 2.23. The van der Waals surface area contributed by atoms with E-state index in [0.717, 1.165) is 12.8 Å². The van der Waals surface area contributed by atoms with Gasteiger partial charge in [0.05, 0.1) is 18.1 Å². The Bertz CT molecular complexity index is 271. The van der Waals surface area contributed by atoms with E-state index < -0.39 is 0 Å². The van der Waals surface area contributed by atoms with Gasteiger partial charge in [-0.05, 0) is 26.2 Å². The van der Waals surface area contributed by atoms with Gasteiger partial charge in [-0.15, -0.1) is 0 Å². The lowest BCUT2D eigenvalue weighted by Crippen LogP contribution is -2.28. The number of Topliss-reactive ketones (excluding diaryl/α,β-unsaturated/α-hetero) is 2. The smallest absolute Gasteiger partial charge is 0.149 e. The summed E-state index contributed by atoms with van der Waals surface area (Å²) in [6.07, 6.45) is 3.27. The van der Waals surface area contributed by atoms with Gasteiger partial charge < -0.3 is 5.21 Å². The molecule has 0 aromatic carbocycles. The van der Waals surface area contributed by atoms with Crippen molar-refractivity contribution in [3.63, 3.8) is 0 Å². The summed E-state index contributed by atoms with van der Waals surface area (Å²) in [6, 6.07) is 0. The molecular weight excluding hydrogens is 182 g/mol. The van der Waals surface area contributed by atoms with E-state index in [2.05, 4.69) is 5.16 Å². The minimum absolute atomic E-state index is 0.0380. The van der Waals surface area contributed by atoms with Crippen molar-refractivity contribution in [1.82, 2.24) is 0 Å². The molecule has 1 fully saturated rings. The third-order valence-corrected chi connectivity index (χ3v) is 2.52. The molecular formula is C10H15NO3. The number of hydrogen-bond donors (Lipinski definition) is 1. The van der Waals surface area contributed by atoms with Crippen LogP contribution in [-0.4, -0.2) is 22.5 Å². The normalized spacial score (nSPS) is 24.9. The molecule has 1 atom stereocenters. The van der Waals surface area contributed by atoms with Gasteiger partial charge >= 0.3 is 0 Å². The lowest BCUT2D eigenvalue weighted by molar-refractivity contribution is -0.127. The van der Waals surface area contributed by atoms with Crippen LogP contribution in [0, 0.1) is 5.92 Å². The molecule has 0 amide bonds. The Labute approximate surface area is 83.0 Å². The zero-order valence-corrected chi connectivity index (χ0v) is 8.32. The second-order valence-corrected chi connectivity index (χ2v) is 3.73. The molecule has 14 heavy (non-hydrogen) atoms. The standard InChI is InChI=1S/C10H15NO3/c1-7(12)6-10(13)8-4-2-3-5-9(8)11-14/h8,14H,2-6H2,1H3/b11-9+. The van der Waals surface area contributed by atoms with Crippen molar-refractivity contribution in [3.8, 4) is 0 Å². The summed E-state index contributed by atoms with van der Waals surface area (Å²) in [5.74, 6) is -0.555. The average Bonchev–Trinajstić information content (AvgIpc) is 2.16. The molecule has 0 radical (unpaired) electrons. The molecule has 0 aliphatic heterocycles. The second-order valence-electron chi connectivity index (χ2n) is 3.73. The Balaban J connectivity index is 2.64. The number of rotatable bonds is 3. The summed E-state index contributed by atoms with van der Waals surface area (Å²) < 4.78 is 0. The number of hydrogen-bond acceptors (Lipinski definition) is 4. The molecule has 1 unspecified atom stereocenters. The summed E-state index contributed by atoms with van der Waals surface area (Å²) in [6.45, 7) is 1.40. The van der Waals surface area contributed by atoms with Crippen LogP contribution in [0.4, 0.5) is 0 Å². The van der Waals surface area contributed by atoms with E-state index in [1.54, 1.807) is 0 Å². The summed E-state index contributed by atoms with van der Waals surface area (Å²) in [7, 11) is 0. The molecule has 1 aliphatic rings. The van der Waals surface area contributed by atoms with E-state index in [0.29, 0.717) is 18.6 Å². The minimum Gasteiger partial charge on any atom is -0.411 e. The van der Waals surface area contributed by atoms with Crippen molar-refractivity contribution in [3.05, 3.63) is 0 Å². The molecule has 1 N–H and O–H groups in total. The Hall–Kier alpha value is -1.19. The average molecular weight is 197 g/mol. The fourth-order valence-electron chi connectivity index (χ4n) is 1.83. The molecule has 0 spiro atoms. The lowest BCUT2D eigenvalue weighted by atomic mass is 9.83. The van der Waals surface area contributed by atoms with Crippen LogP contribution in [0.5, 0.6) is 0 Å². The first-order valence-corrected chi connectivity index (χ1v) is 4.88. The number of oxime groups is 1. The highest BCUT2D eigenvalue weighted by molar-refractivity contribution is 6.10. The highest BCUT2D eigenvalue weighted by atomic mass is 16.4. The van der Waals surface area contributed by atoms with E-state index in [1.807, 2.05) is 0 Å². The van der Waals surface area contributed by atoms with E-state index >= 15 is 0 Å². The zero-order valence-electron chi connectivity index (χ0n) is 8.32. The van der Waals surface area contributed by atoms with Gasteiger partial charge in [0.2, 0.25) is 0 Å². The fourth-order valence-corrected chi connectivity index (χ4v) is 1.83. The Morgan fingerprint density at radius 1 is 1.50 bits per heavy atom. The van der Waals surface area contributed by atoms with Gasteiger partial charge in [-0.3, -0.25) is 9.59 Å². The van der Waals surface area contributed by atoms with Crippen LogP contribution >= 0.6 is 0 Å². The van der Waals surface area contributed by atoms with E-state index in [-0.39, 0.29) is 23.9 Å².